The lowest BCUT2D eigenvalue weighted by molar-refractivity contribution is -0.125. The Labute approximate surface area is 137 Å². The predicted octanol–water partition coefficient (Wildman–Crippen LogP) is 1.95. The van der Waals surface area contributed by atoms with Crippen LogP contribution in [0.1, 0.15) is 25.0 Å². The van der Waals surface area contributed by atoms with Gasteiger partial charge in [0.15, 0.2) is 0 Å². The molecule has 1 aromatic carbocycles. The number of carbonyl (C=O) groups excluding carboxylic acids is 1. The molecule has 6 heteroatoms. The molecule has 0 bridgehead atoms. The van der Waals surface area contributed by atoms with Crippen molar-refractivity contribution in [2.45, 2.75) is 33.0 Å². The van der Waals surface area contributed by atoms with Crippen LogP contribution in [-0.4, -0.2) is 21.7 Å². The van der Waals surface area contributed by atoms with E-state index in [4.69, 9.17) is 5.73 Å². The van der Waals surface area contributed by atoms with E-state index in [9.17, 15) is 4.79 Å². The van der Waals surface area contributed by atoms with Gasteiger partial charge in [-0.05, 0) is 24.1 Å². The van der Waals surface area contributed by atoms with Gasteiger partial charge in [-0.2, -0.15) is 5.10 Å². The van der Waals surface area contributed by atoms with E-state index in [0.717, 1.165) is 12.1 Å². The average molecular weight is 323 g/mol. The third kappa shape index (κ3) is 5.16. The van der Waals surface area contributed by atoms with Crippen molar-refractivity contribution in [3.63, 3.8) is 0 Å². The number of nitrogens with zero attached hydrogens (tertiary/aromatic N) is 2. The molecule has 1 heterocycles. The number of nitrogens with one attached hydrogen (secondary N) is 1. The van der Waals surface area contributed by atoms with Crippen LogP contribution in [0.15, 0.2) is 42.7 Å². The van der Waals surface area contributed by atoms with Crippen molar-refractivity contribution in [2.24, 2.45) is 11.7 Å². The van der Waals surface area contributed by atoms with E-state index in [1.807, 2.05) is 42.9 Å². The molecule has 120 valence electrons. The molecule has 2 unspecified atom stereocenters. The van der Waals surface area contributed by atoms with Crippen molar-refractivity contribution < 1.29 is 4.79 Å². The van der Waals surface area contributed by atoms with Crippen molar-refractivity contribution in [3.8, 4) is 0 Å². The van der Waals surface area contributed by atoms with E-state index >= 15 is 0 Å². The highest BCUT2D eigenvalue weighted by molar-refractivity contribution is 5.85. The maximum atomic E-state index is 11.8. The van der Waals surface area contributed by atoms with Crippen LogP contribution >= 0.6 is 12.4 Å². The highest BCUT2D eigenvalue weighted by atomic mass is 35.5. The summed E-state index contributed by atoms with van der Waals surface area (Å²) in [6, 6.07) is 9.92. The quantitative estimate of drug-likeness (QED) is 0.853. The molecule has 2 aromatic rings. The molecule has 5 nitrogen and oxygen atoms in total. The number of halogens is 1. The van der Waals surface area contributed by atoms with E-state index in [-0.39, 0.29) is 30.3 Å². The summed E-state index contributed by atoms with van der Waals surface area (Å²) in [5.41, 5.74) is 7.97. The fourth-order valence-electron chi connectivity index (χ4n) is 1.93. The van der Waals surface area contributed by atoms with Gasteiger partial charge in [-0.3, -0.25) is 9.48 Å². The summed E-state index contributed by atoms with van der Waals surface area (Å²) in [5, 5.41) is 7.09. The van der Waals surface area contributed by atoms with Gasteiger partial charge in [0.2, 0.25) is 5.91 Å². The van der Waals surface area contributed by atoms with Crippen molar-refractivity contribution in [2.75, 3.05) is 0 Å². The summed E-state index contributed by atoms with van der Waals surface area (Å²) in [6.07, 6.45) is 3.70. The second kappa shape index (κ2) is 8.56. The number of carbonyl (C=O) groups is 1. The summed E-state index contributed by atoms with van der Waals surface area (Å²) in [6.45, 7) is 4.96. The van der Waals surface area contributed by atoms with Crippen LogP contribution < -0.4 is 11.1 Å². The lowest BCUT2D eigenvalue weighted by atomic mass is 10.0. The Morgan fingerprint density at radius 2 is 1.91 bits per heavy atom. The van der Waals surface area contributed by atoms with Crippen molar-refractivity contribution in [1.82, 2.24) is 15.1 Å². The minimum absolute atomic E-state index is 0. The zero-order chi connectivity index (χ0) is 15.2. The molecule has 0 spiro atoms. The van der Waals surface area contributed by atoms with E-state index in [1.165, 1.54) is 5.56 Å². The molecule has 0 radical (unpaired) electrons. The number of rotatable bonds is 6. The molecule has 0 aliphatic heterocycles. The first-order valence-corrected chi connectivity index (χ1v) is 7.15. The lowest BCUT2D eigenvalue weighted by Crippen LogP contribution is -2.38. The number of aromatic nitrogens is 2. The Kier molecular flexibility index (Phi) is 7.08. The monoisotopic (exact) mass is 322 g/mol. The highest BCUT2D eigenvalue weighted by Crippen LogP contribution is 2.07. The Balaban J connectivity index is 0.00000242. The van der Waals surface area contributed by atoms with E-state index in [2.05, 4.69) is 22.5 Å². The summed E-state index contributed by atoms with van der Waals surface area (Å²) < 4.78 is 1.88. The molecule has 0 aliphatic carbocycles. The number of benzene rings is 1. The van der Waals surface area contributed by atoms with Crippen LogP contribution in [0.2, 0.25) is 0 Å². The summed E-state index contributed by atoms with van der Waals surface area (Å²) in [4.78, 5) is 11.8. The Hall–Kier alpha value is -1.85. The van der Waals surface area contributed by atoms with Gasteiger partial charge in [-0.15, -0.1) is 12.4 Å². The lowest BCUT2D eigenvalue weighted by Gasteiger charge is -2.15. The van der Waals surface area contributed by atoms with Crippen molar-refractivity contribution >= 4 is 18.3 Å². The summed E-state index contributed by atoms with van der Waals surface area (Å²) in [5.74, 6) is -0.185. The van der Waals surface area contributed by atoms with Crippen LogP contribution in [-0.2, 0) is 17.9 Å². The maximum absolute atomic E-state index is 11.8. The Morgan fingerprint density at radius 3 is 2.45 bits per heavy atom. The Morgan fingerprint density at radius 1 is 1.27 bits per heavy atom. The van der Waals surface area contributed by atoms with E-state index in [1.54, 1.807) is 6.20 Å². The smallest absolute Gasteiger partial charge is 0.224 e. The van der Waals surface area contributed by atoms with Crippen LogP contribution in [0, 0.1) is 5.92 Å². The minimum atomic E-state index is -0.177. The molecular formula is C16H23ClN4O. The van der Waals surface area contributed by atoms with Gasteiger partial charge in [0.05, 0.1) is 6.54 Å². The number of hydrogen-bond acceptors (Lipinski definition) is 3. The van der Waals surface area contributed by atoms with Gasteiger partial charge in [-0.25, -0.2) is 0 Å². The molecule has 2 rings (SSSR count). The van der Waals surface area contributed by atoms with E-state index < -0.39 is 0 Å². The topological polar surface area (TPSA) is 72.9 Å². The number of amides is 1. The van der Waals surface area contributed by atoms with Gasteiger partial charge < -0.3 is 11.1 Å². The fraction of sp³-hybridized carbons (Fsp3) is 0.375. The predicted molar refractivity (Wildman–Crippen MR) is 89.7 cm³/mol. The first kappa shape index (κ1) is 18.2. The van der Waals surface area contributed by atoms with Crippen LogP contribution in [0.5, 0.6) is 0 Å². The van der Waals surface area contributed by atoms with E-state index in [0.29, 0.717) is 6.54 Å². The van der Waals surface area contributed by atoms with Crippen LogP contribution in [0.3, 0.4) is 0 Å². The third-order valence-electron chi connectivity index (χ3n) is 3.60. The fourth-order valence-corrected chi connectivity index (χ4v) is 1.93. The average Bonchev–Trinajstić information content (AvgIpc) is 2.98. The first-order valence-electron chi connectivity index (χ1n) is 7.15. The zero-order valence-corrected chi connectivity index (χ0v) is 13.7. The molecule has 0 fully saturated rings. The third-order valence-corrected chi connectivity index (χ3v) is 3.60. The van der Waals surface area contributed by atoms with Crippen LogP contribution in [0.25, 0.3) is 0 Å². The van der Waals surface area contributed by atoms with Gasteiger partial charge >= 0.3 is 0 Å². The molecule has 0 saturated heterocycles. The maximum Gasteiger partial charge on any atom is 0.224 e. The van der Waals surface area contributed by atoms with Crippen LogP contribution in [0.4, 0.5) is 0 Å². The molecule has 1 aromatic heterocycles. The number of hydrogen-bond donors (Lipinski definition) is 2. The van der Waals surface area contributed by atoms with Crippen molar-refractivity contribution in [1.29, 1.82) is 0 Å². The number of nitrogens with two attached hydrogens (primary N) is 1. The van der Waals surface area contributed by atoms with Gasteiger partial charge in [0, 0.05) is 30.9 Å². The molecule has 3 N–H and O–H groups in total. The molecular weight excluding hydrogens is 300 g/mol. The van der Waals surface area contributed by atoms with Gasteiger partial charge in [0.1, 0.15) is 0 Å². The minimum Gasteiger partial charge on any atom is -0.352 e. The summed E-state index contributed by atoms with van der Waals surface area (Å²) in [7, 11) is 0. The molecule has 0 aliphatic rings. The SMILES string of the molecule is CC(N)C(C)C(=O)NCc1ccc(Cn2cccn2)cc1.Cl. The second-order valence-electron chi connectivity index (χ2n) is 5.39. The standard InChI is InChI=1S/C16H22N4O.ClH/c1-12(13(2)17)16(21)18-10-14-4-6-15(7-5-14)11-20-9-3-8-19-20;/h3-9,12-13H,10-11,17H2,1-2H3,(H,18,21);1H. The van der Waals surface area contributed by atoms with Gasteiger partial charge in [0.25, 0.3) is 0 Å². The summed E-state index contributed by atoms with van der Waals surface area (Å²) >= 11 is 0. The largest absolute Gasteiger partial charge is 0.352 e. The molecule has 22 heavy (non-hydrogen) atoms. The van der Waals surface area contributed by atoms with Gasteiger partial charge in [-0.1, -0.05) is 31.2 Å². The van der Waals surface area contributed by atoms with Crippen molar-refractivity contribution in [3.05, 3.63) is 53.9 Å². The zero-order valence-electron chi connectivity index (χ0n) is 12.9. The second-order valence-corrected chi connectivity index (χ2v) is 5.39. The molecule has 0 saturated carbocycles. The normalized spacial score (nSPS) is 13.0. The Bertz CT molecular complexity index is 566. The highest BCUT2D eigenvalue weighted by Gasteiger charge is 2.16. The molecule has 1 amide bonds. The first-order chi connectivity index (χ1) is 10.1. The molecule has 2 atom stereocenters.